The third kappa shape index (κ3) is 6.01. The number of anilines is 1. The molecular weight excluding hydrogens is 466 g/mol. The van der Waals surface area contributed by atoms with Gasteiger partial charge in [-0.25, -0.2) is 4.98 Å². The monoisotopic (exact) mass is 491 g/mol. The summed E-state index contributed by atoms with van der Waals surface area (Å²) in [6.45, 7) is 2.18. The van der Waals surface area contributed by atoms with Crippen LogP contribution < -0.4 is 10.6 Å². The minimum Gasteiger partial charge on any atom is -0.345 e. The van der Waals surface area contributed by atoms with Crippen molar-refractivity contribution < 1.29 is 9.59 Å². The summed E-state index contributed by atoms with van der Waals surface area (Å²) in [5.41, 5.74) is 3.35. The van der Waals surface area contributed by atoms with E-state index in [0.717, 1.165) is 35.0 Å². The fourth-order valence-electron chi connectivity index (χ4n) is 3.73. The van der Waals surface area contributed by atoms with Gasteiger partial charge < -0.3 is 10.6 Å². The molecule has 3 aromatic carbocycles. The number of thiazole rings is 1. The van der Waals surface area contributed by atoms with Gasteiger partial charge >= 0.3 is 0 Å². The summed E-state index contributed by atoms with van der Waals surface area (Å²) in [6.07, 6.45) is 3.40. The maximum atomic E-state index is 12.9. The molecule has 0 radical (unpaired) electrons. The van der Waals surface area contributed by atoms with Gasteiger partial charge in [0.25, 0.3) is 5.91 Å². The summed E-state index contributed by atoms with van der Waals surface area (Å²) in [5.74, 6) is -0.551. The Morgan fingerprint density at radius 2 is 1.79 bits per heavy atom. The van der Waals surface area contributed by atoms with Crippen LogP contribution in [0.3, 0.4) is 0 Å². The first-order valence-corrected chi connectivity index (χ1v) is 12.5. The summed E-state index contributed by atoms with van der Waals surface area (Å²) in [5, 5.41) is 6.79. The molecule has 0 aliphatic rings. The van der Waals surface area contributed by atoms with E-state index >= 15 is 0 Å². The van der Waals surface area contributed by atoms with Gasteiger partial charge in [0.15, 0.2) is 5.13 Å². The van der Waals surface area contributed by atoms with Crippen molar-refractivity contribution in [2.45, 2.75) is 38.6 Å². The third-order valence-electron chi connectivity index (χ3n) is 5.53. The highest BCUT2D eigenvalue weighted by molar-refractivity contribution is 7.22. The normalized spacial score (nSPS) is 11.8. The second kappa shape index (κ2) is 11.3. The maximum Gasteiger partial charge on any atom is 0.253 e. The van der Waals surface area contributed by atoms with Crippen molar-refractivity contribution in [2.24, 2.45) is 0 Å². The van der Waals surface area contributed by atoms with Crippen LogP contribution in [0.2, 0.25) is 5.02 Å². The number of nitrogens with zero attached hydrogens (tertiary/aromatic N) is 1. The van der Waals surface area contributed by atoms with E-state index in [1.807, 2.05) is 36.4 Å². The van der Waals surface area contributed by atoms with E-state index in [2.05, 4.69) is 34.7 Å². The van der Waals surface area contributed by atoms with Crippen molar-refractivity contribution in [2.75, 3.05) is 5.32 Å². The number of rotatable bonds is 9. The summed E-state index contributed by atoms with van der Waals surface area (Å²) >= 11 is 7.65. The molecule has 1 atom stereocenters. The first-order valence-electron chi connectivity index (χ1n) is 11.3. The van der Waals surface area contributed by atoms with Gasteiger partial charge in [0.2, 0.25) is 5.91 Å². The SMILES string of the molecule is CCCCc1ccc2nc(NC(=O)C[C@H](NC(=O)c3ccccc3Cl)c3ccccc3)sc2c1. The Labute approximate surface area is 208 Å². The predicted molar refractivity (Wildman–Crippen MR) is 140 cm³/mol. The minimum absolute atomic E-state index is 0.0673. The molecule has 1 aromatic heterocycles. The van der Waals surface area contributed by atoms with E-state index in [0.29, 0.717) is 15.7 Å². The van der Waals surface area contributed by atoms with Crippen LogP contribution in [0.1, 0.15) is 53.7 Å². The zero-order valence-electron chi connectivity index (χ0n) is 18.9. The van der Waals surface area contributed by atoms with Gasteiger partial charge in [0, 0.05) is 0 Å². The zero-order chi connectivity index (χ0) is 23.9. The number of fused-ring (bicyclic) bond motifs is 1. The molecule has 4 rings (SSSR count). The largest absolute Gasteiger partial charge is 0.345 e. The standard InChI is InChI=1S/C27H26ClN3O2S/c1-2-3-9-18-14-15-22-24(16-18)34-27(30-22)31-25(32)17-23(19-10-5-4-6-11-19)29-26(33)20-12-7-8-13-21(20)28/h4-8,10-16,23H,2-3,9,17H2,1H3,(H,29,33)(H,30,31,32)/t23-/m0/s1. The molecule has 4 aromatic rings. The number of carbonyl (C=O) groups is 2. The fraction of sp³-hybridized carbons (Fsp3) is 0.222. The van der Waals surface area contributed by atoms with E-state index in [1.165, 1.54) is 16.9 Å². The quantitative estimate of drug-likeness (QED) is 0.270. The Bertz CT molecular complexity index is 1290. The molecule has 2 amide bonds. The molecule has 0 aliphatic heterocycles. The summed E-state index contributed by atoms with van der Waals surface area (Å²) in [7, 11) is 0. The predicted octanol–water partition coefficient (Wildman–Crippen LogP) is 6.79. The Hall–Kier alpha value is -3.22. The van der Waals surface area contributed by atoms with Crippen molar-refractivity contribution in [1.82, 2.24) is 10.3 Å². The molecule has 2 N–H and O–H groups in total. The lowest BCUT2D eigenvalue weighted by atomic mass is 10.0. The van der Waals surface area contributed by atoms with Crippen LogP contribution in [-0.4, -0.2) is 16.8 Å². The summed E-state index contributed by atoms with van der Waals surface area (Å²) in [6, 6.07) is 22.0. The van der Waals surface area contributed by atoms with Crippen LogP contribution in [0.15, 0.2) is 72.8 Å². The van der Waals surface area contributed by atoms with Gasteiger partial charge in [-0.05, 0) is 48.2 Å². The van der Waals surface area contributed by atoms with Gasteiger partial charge in [-0.15, -0.1) is 0 Å². The van der Waals surface area contributed by atoms with Crippen LogP contribution in [0.4, 0.5) is 5.13 Å². The number of unbranched alkanes of at least 4 members (excludes halogenated alkanes) is 1. The molecule has 0 saturated carbocycles. The van der Waals surface area contributed by atoms with Gasteiger partial charge in [-0.3, -0.25) is 9.59 Å². The molecular formula is C27H26ClN3O2S. The first kappa shape index (κ1) is 23.9. The Morgan fingerprint density at radius 3 is 2.56 bits per heavy atom. The minimum atomic E-state index is -0.514. The molecule has 0 bridgehead atoms. The Morgan fingerprint density at radius 1 is 1.03 bits per heavy atom. The Kier molecular flexibility index (Phi) is 7.93. The fourth-order valence-corrected chi connectivity index (χ4v) is 4.90. The summed E-state index contributed by atoms with van der Waals surface area (Å²) < 4.78 is 1.05. The van der Waals surface area contributed by atoms with E-state index in [9.17, 15) is 9.59 Å². The average molecular weight is 492 g/mol. The van der Waals surface area contributed by atoms with Crippen molar-refractivity contribution in [1.29, 1.82) is 0 Å². The molecule has 5 nitrogen and oxygen atoms in total. The van der Waals surface area contributed by atoms with Crippen LogP contribution in [0.25, 0.3) is 10.2 Å². The lowest BCUT2D eigenvalue weighted by Crippen LogP contribution is -2.31. The molecule has 0 saturated heterocycles. The van der Waals surface area contributed by atoms with Gasteiger partial charge in [0.05, 0.1) is 33.3 Å². The van der Waals surface area contributed by atoms with Crippen molar-refractivity contribution >= 4 is 50.1 Å². The Balaban J connectivity index is 1.48. The molecule has 7 heteroatoms. The molecule has 0 aliphatic carbocycles. The van der Waals surface area contributed by atoms with Crippen molar-refractivity contribution in [3.05, 3.63) is 94.5 Å². The van der Waals surface area contributed by atoms with Crippen LogP contribution in [0.5, 0.6) is 0 Å². The van der Waals surface area contributed by atoms with Gasteiger partial charge in [0.1, 0.15) is 0 Å². The number of aromatic nitrogens is 1. The van der Waals surface area contributed by atoms with E-state index in [1.54, 1.807) is 24.3 Å². The lowest BCUT2D eigenvalue weighted by molar-refractivity contribution is -0.116. The number of hydrogen-bond donors (Lipinski definition) is 2. The summed E-state index contributed by atoms with van der Waals surface area (Å²) in [4.78, 5) is 30.4. The van der Waals surface area contributed by atoms with E-state index in [4.69, 9.17) is 11.6 Å². The highest BCUT2D eigenvalue weighted by Gasteiger charge is 2.21. The molecule has 1 heterocycles. The first-order chi connectivity index (χ1) is 16.5. The smallest absolute Gasteiger partial charge is 0.253 e. The molecule has 34 heavy (non-hydrogen) atoms. The third-order valence-corrected chi connectivity index (χ3v) is 6.80. The van der Waals surface area contributed by atoms with E-state index in [-0.39, 0.29) is 18.2 Å². The number of halogens is 1. The van der Waals surface area contributed by atoms with Crippen LogP contribution in [0, 0.1) is 0 Å². The number of hydrogen-bond acceptors (Lipinski definition) is 4. The van der Waals surface area contributed by atoms with Crippen molar-refractivity contribution in [3.8, 4) is 0 Å². The molecule has 0 spiro atoms. The maximum absolute atomic E-state index is 12.9. The van der Waals surface area contributed by atoms with E-state index < -0.39 is 6.04 Å². The highest BCUT2D eigenvalue weighted by atomic mass is 35.5. The number of nitrogens with one attached hydrogen (secondary N) is 2. The lowest BCUT2D eigenvalue weighted by Gasteiger charge is -2.19. The number of carbonyl (C=O) groups excluding carboxylic acids is 2. The molecule has 0 fully saturated rings. The zero-order valence-corrected chi connectivity index (χ0v) is 20.5. The van der Waals surface area contributed by atoms with Crippen molar-refractivity contribution in [3.63, 3.8) is 0 Å². The van der Waals surface area contributed by atoms with Crippen LogP contribution >= 0.6 is 22.9 Å². The topological polar surface area (TPSA) is 71.1 Å². The number of aryl methyl sites for hydroxylation is 1. The average Bonchev–Trinajstić information content (AvgIpc) is 3.24. The van der Waals surface area contributed by atoms with Gasteiger partial charge in [-0.2, -0.15) is 0 Å². The molecule has 174 valence electrons. The second-order valence-electron chi connectivity index (χ2n) is 8.09. The highest BCUT2D eigenvalue weighted by Crippen LogP contribution is 2.28. The molecule has 0 unspecified atom stereocenters. The number of amides is 2. The van der Waals surface area contributed by atoms with Gasteiger partial charge in [-0.1, -0.05) is 84.8 Å². The van der Waals surface area contributed by atoms with Crippen LogP contribution in [-0.2, 0) is 11.2 Å². The second-order valence-corrected chi connectivity index (χ2v) is 9.53. The number of benzene rings is 3.